The predicted octanol–water partition coefficient (Wildman–Crippen LogP) is 3.68. The van der Waals surface area contributed by atoms with Crippen molar-refractivity contribution in [2.45, 2.75) is 84.3 Å². The van der Waals surface area contributed by atoms with Crippen molar-refractivity contribution in [2.24, 2.45) is 0 Å². The molecule has 0 radical (unpaired) electrons. The Bertz CT molecular complexity index is 637. The molecule has 0 atom stereocenters. The molecule has 2 aliphatic rings. The first-order valence-electron chi connectivity index (χ1n) is 9.88. The van der Waals surface area contributed by atoms with Crippen molar-refractivity contribution in [1.82, 2.24) is 4.72 Å². The zero-order valence-corrected chi connectivity index (χ0v) is 18.7. The maximum atomic E-state index is 6.31. The van der Waals surface area contributed by atoms with Crippen molar-refractivity contribution in [2.75, 3.05) is 7.11 Å². The fourth-order valence-electron chi connectivity index (χ4n) is 3.08. The first kappa shape index (κ1) is 21.7. The number of benzene rings is 1. The fraction of sp³-hybridized carbons (Fsp3) is 0.700. The molecule has 2 aliphatic heterocycles. The lowest BCUT2D eigenvalue weighted by Crippen LogP contribution is -2.52. The molecule has 3 rings (SSSR count). The van der Waals surface area contributed by atoms with Crippen LogP contribution in [0.2, 0.25) is 0 Å². The van der Waals surface area contributed by atoms with Gasteiger partial charge in [0.05, 0.1) is 29.5 Å². The van der Waals surface area contributed by atoms with E-state index in [0.717, 1.165) is 11.3 Å². The van der Waals surface area contributed by atoms with Crippen LogP contribution in [0.5, 0.6) is 5.75 Å². The Labute approximate surface area is 170 Å². The summed E-state index contributed by atoms with van der Waals surface area (Å²) >= 11 is 0. The van der Waals surface area contributed by atoms with Crippen LogP contribution >= 0.6 is 0 Å². The quantitative estimate of drug-likeness (QED) is 0.717. The largest absolute Gasteiger partial charge is 0.551 e. The Morgan fingerprint density at radius 2 is 1.07 bits per heavy atom. The molecule has 0 unspecified atom stereocenters. The summed E-state index contributed by atoms with van der Waals surface area (Å²) in [5.74, 6) is 0.821. The first-order chi connectivity index (χ1) is 12.8. The number of rotatable bonds is 5. The van der Waals surface area contributed by atoms with Crippen LogP contribution in [0.4, 0.5) is 0 Å². The highest BCUT2D eigenvalue weighted by atomic mass is 16.7. The van der Waals surface area contributed by atoms with E-state index in [1.165, 1.54) is 0 Å². The van der Waals surface area contributed by atoms with E-state index in [1.54, 1.807) is 7.11 Å². The number of ether oxygens (including phenoxy) is 1. The van der Waals surface area contributed by atoms with Gasteiger partial charge < -0.3 is 23.4 Å². The molecule has 0 N–H and O–H groups in total. The van der Waals surface area contributed by atoms with E-state index in [9.17, 15) is 0 Å². The Hall–Kier alpha value is -1.05. The molecule has 0 aromatic heterocycles. The van der Waals surface area contributed by atoms with E-state index < -0.39 is 36.9 Å². The van der Waals surface area contributed by atoms with Crippen LogP contribution in [0.15, 0.2) is 24.3 Å². The minimum Gasteiger partial charge on any atom is -0.497 e. The maximum Gasteiger partial charge on any atom is 0.551 e. The average Bonchev–Trinajstić information content (AvgIpc) is 2.92. The van der Waals surface area contributed by atoms with E-state index in [1.807, 2.05) is 84.4 Å². The summed E-state index contributed by atoms with van der Waals surface area (Å²) in [5.41, 5.74) is -0.692. The monoisotopic (exact) mass is 389 g/mol. The first-order valence-corrected chi connectivity index (χ1v) is 9.88. The van der Waals surface area contributed by atoms with Gasteiger partial charge in [-0.15, -0.1) is 0 Å². The van der Waals surface area contributed by atoms with Crippen molar-refractivity contribution in [3.05, 3.63) is 29.8 Å². The Balaban J connectivity index is 1.88. The molecule has 28 heavy (non-hydrogen) atoms. The average molecular weight is 389 g/mol. The molecule has 0 bridgehead atoms. The molecule has 2 heterocycles. The SMILES string of the molecule is COc1ccc(CN(B2OC(C)(C)C(C)(C)O2)B2OC(C)(C)C(C)(C)O2)cc1. The minimum absolute atomic E-state index is 0.445. The molecule has 0 saturated carbocycles. The molecular weight excluding hydrogens is 356 g/mol. The zero-order chi connectivity index (χ0) is 21.0. The maximum absolute atomic E-state index is 6.31. The molecule has 1 aromatic carbocycles. The third-order valence-electron chi connectivity index (χ3n) is 6.55. The lowest BCUT2D eigenvalue weighted by Gasteiger charge is -2.32. The van der Waals surface area contributed by atoms with Gasteiger partial charge >= 0.3 is 14.5 Å². The second-order valence-electron chi connectivity index (χ2n) is 9.65. The normalized spacial score (nSPS) is 24.8. The van der Waals surface area contributed by atoms with E-state index in [-0.39, 0.29) is 0 Å². The van der Waals surface area contributed by atoms with Gasteiger partial charge in [-0.05, 0) is 73.1 Å². The van der Waals surface area contributed by atoms with Gasteiger partial charge in [0, 0.05) is 6.54 Å². The van der Waals surface area contributed by atoms with E-state index in [2.05, 4.69) is 0 Å². The van der Waals surface area contributed by atoms with Crippen LogP contribution in [0, 0.1) is 0 Å². The molecule has 0 spiro atoms. The number of hydrogen-bond donors (Lipinski definition) is 0. The summed E-state index contributed by atoms with van der Waals surface area (Å²) in [6, 6.07) is 7.95. The van der Waals surface area contributed by atoms with E-state index in [0.29, 0.717) is 6.54 Å². The van der Waals surface area contributed by atoms with Gasteiger partial charge in [-0.2, -0.15) is 0 Å². The highest BCUT2D eigenvalue weighted by molar-refractivity contribution is 6.60. The Kier molecular flexibility index (Phi) is 5.43. The smallest absolute Gasteiger partial charge is 0.497 e. The van der Waals surface area contributed by atoms with Gasteiger partial charge in [-0.25, -0.2) is 0 Å². The highest BCUT2D eigenvalue weighted by Crippen LogP contribution is 2.42. The molecule has 8 heteroatoms. The van der Waals surface area contributed by atoms with E-state index >= 15 is 0 Å². The van der Waals surface area contributed by atoms with Crippen molar-refractivity contribution in [1.29, 1.82) is 0 Å². The van der Waals surface area contributed by atoms with Crippen molar-refractivity contribution in [3.63, 3.8) is 0 Å². The standard InChI is InChI=1S/C20H33B2NO5/c1-17(2)18(3,4)26-21(25-17)23(14-15-10-12-16(24-9)13-11-15)22-27-19(5,6)20(7,8)28-22/h10-13H,14H2,1-9H3. The molecule has 0 aliphatic carbocycles. The van der Waals surface area contributed by atoms with E-state index in [4.69, 9.17) is 23.4 Å². The predicted molar refractivity (Wildman–Crippen MR) is 111 cm³/mol. The summed E-state index contributed by atoms with van der Waals surface area (Å²) in [4.78, 5) is 0. The third-order valence-corrected chi connectivity index (χ3v) is 6.55. The fourth-order valence-corrected chi connectivity index (χ4v) is 3.08. The summed E-state index contributed by atoms with van der Waals surface area (Å²) in [7, 11) is 0.499. The second kappa shape index (κ2) is 7.03. The van der Waals surface area contributed by atoms with Crippen molar-refractivity contribution in [3.8, 4) is 5.75 Å². The van der Waals surface area contributed by atoms with Gasteiger partial charge in [0.1, 0.15) is 5.75 Å². The molecule has 0 amide bonds. The van der Waals surface area contributed by atoms with Crippen LogP contribution in [0.3, 0.4) is 0 Å². The molecule has 154 valence electrons. The zero-order valence-electron chi connectivity index (χ0n) is 18.7. The minimum atomic E-state index is -0.582. The van der Waals surface area contributed by atoms with Gasteiger partial charge in [0.25, 0.3) is 0 Å². The summed E-state index contributed by atoms with van der Waals surface area (Å²) in [5, 5.41) is 0. The number of hydrogen-bond acceptors (Lipinski definition) is 6. The Morgan fingerprint density at radius 1 is 0.714 bits per heavy atom. The van der Waals surface area contributed by atoms with Gasteiger partial charge in [-0.1, -0.05) is 12.1 Å². The van der Waals surface area contributed by atoms with Crippen molar-refractivity contribution >= 4 is 14.5 Å². The molecule has 2 fully saturated rings. The number of methoxy groups -OCH3 is 1. The van der Waals surface area contributed by atoms with Crippen LogP contribution in [-0.2, 0) is 25.2 Å². The van der Waals surface area contributed by atoms with Gasteiger partial charge in [0.15, 0.2) is 0 Å². The van der Waals surface area contributed by atoms with Crippen LogP contribution in [0.25, 0.3) is 0 Å². The summed E-state index contributed by atoms with van der Waals surface area (Å²) in [6.07, 6.45) is 0. The third kappa shape index (κ3) is 3.85. The lowest BCUT2D eigenvalue weighted by atomic mass is 9.87. The topological polar surface area (TPSA) is 49.4 Å². The summed E-state index contributed by atoms with van der Waals surface area (Å²) in [6.45, 7) is 16.9. The molecule has 6 nitrogen and oxygen atoms in total. The molecular formula is C20H33B2NO5. The van der Waals surface area contributed by atoms with Crippen LogP contribution in [-0.4, -0.2) is 48.7 Å². The molecule has 1 aromatic rings. The van der Waals surface area contributed by atoms with Gasteiger partial charge in [0.2, 0.25) is 0 Å². The highest BCUT2D eigenvalue weighted by Gasteiger charge is 2.61. The van der Waals surface area contributed by atoms with Gasteiger partial charge in [-0.3, -0.25) is 4.72 Å². The van der Waals surface area contributed by atoms with Crippen molar-refractivity contribution < 1.29 is 23.4 Å². The summed E-state index contributed by atoms with van der Waals surface area (Å²) < 4.78 is 32.5. The Morgan fingerprint density at radius 3 is 1.39 bits per heavy atom. The van der Waals surface area contributed by atoms with Crippen LogP contribution < -0.4 is 4.74 Å². The lowest BCUT2D eigenvalue weighted by molar-refractivity contribution is 0.00578. The molecule has 2 saturated heterocycles. The van der Waals surface area contributed by atoms with Crippen LogP contribution in [0.1, 0.15) is 61.0 Å². The second-order valence-corrected chi connectivity index (χ2v) is 9.65. The number of nitrogens with zero attached hydrogens (tertiary/aromatic N) is 1.